The zero-order chi connectivity index (χ0) is 8.72. The van der Waals surface area contributed by atoms with Gasteiger partial charge >= 0.3 is 0 Å². The average molecular weight is 291 g/mol. The van der Waals surface area contributed by atoms with E-state index >= 15 is 0 Å². The molecule has 0 unspecified atom stereocenters. The molecule has 0 aliphatic heterocycles. The van der Waals surface area contributed by atoms with E-state index in [1.54, 1.807) is 6.20 Å². The summed E-state index contributed by atoms with van der Waals surface area (Å²) >= 11 is 6.74. The van der Waals surface area contributed by atoms with Gasteiger partial charge in [0.25, 0.3) is 0 Å². The first-order valence-electron chi connectivity index (χ1n) is 3.33. The molecule has 2 rings (SSSR count). The predicted octanol–water partition coefficient (Wildman–Crippen LogP) is 3.40. The third-order valence-corrected chi connectivity index (χ3v) is 3.55. The van der Waals surface area contributed by atoms with E-state index in [4.69, 9.17) is 0 Å². The van der Waals surface area contributed by atoms with Crippen LogP contribution in [-0.4, -0.2) is 10.1 Å². The number of halogens is 2. The number of aromatic amines is 1. The summed E-state index contributed by atoms with van der Waals surface area (Å²) in [6.07, 6.45) is 1.57. The lowest BCUT2D eigenvalue weighted by atomic mass is 10.2. The highest BCUT2D eigenvalue weighted by Crippen LogP contribution is 2.32. The quantitative estimate of drug-likeness (QED) is 0.766. The molecule has 0 fully saturated rings. The predicted molar refractivity (Wildman–Crippen MR) is 55.4 cm³/mol. The van der Waals surface area contributed by atoms with Gasteiger partial charge in [-0.05, 0) is 44.0 Å². The van der Waals surface area contributed by atoms with Gasteiger partial charge in [-0.1, -0.05) is 0 Å². The van der Waals surface area contributed by atoms with E-state index in [1.165, 1.54) is 0 Å². The molecule has 0 aliphatic rings. The van der Waals surface area contributed by atoms with Gasteiger partial charge in [-0.15, -0.1) is 0 Å². The average Bonchev–Trinajstić information content (AvgIpc) is 2.35. The summed E-state index contributed by atoms with van der Waals surface area (Å²) in [7, 11) is 0. The van der Waals surface area contributed by atoms with E-state index in [0.29, 0.717) is 0 Å². The van der Waals surface area contributed by atoms with Crippen molar-refractivity contribution in [2.24, 2.45) is 0 Å². The van der Waals surface area contributed by atoms with Crippen molar-refractivity contribution in [2.75, 3.05) is 0 Å². The van der Waals surface area contributed by atoms with Gasteiger partial charge in [0, 0.05) is 20.5 Å². The molecule has 1 aromatic heterocycles. The maximum Gasteiger partial charge on any atom is 0.140 e. The van der Waals surface area contributed by atoms with Crippen molar-refractivity contribution in [1.29, 1.82) is 0 Å². The van der Waals surface area contributed by atoms with Crippen LogP contribution in [0, 0.1) is 0 Å². The SMILES string of the molecule is Oc1c[nH]c2cc(Br)c(Br)cc12. The molecular formula is C8H5Br2NO. The van der Waals surface area contributed by atoms with E-state index in [0.717, 1.165) is 19.8 Å². The molecule has 2 N–H and O–H groups in total. The Hall–Kier alpha value is -0.480. The van der Waals surface area contributed by atoms with E-state index in [9.17, 15) is 5.11 Å². The number of rotatable bonds is 0. The first-order valence-corrected chi connectivity index (χ1v) is 4.92. The van der Waals surface area contributed by atoms with E-state index in [2.05, 4.69) is 36.8 Å². The molecule has 2 nitrogen and oxygen atoms in total. The normalized spacial score (nSPS) is 10.8. The number of aromatic nitrogens is 1. The first-order chi connectivity index (χ1) is 5.68. The molecule has 1 heterocycles. The van der Waals surface area contributed by atoms with E-state index < -0.39 is 0 Å². The molecule has 4 heteroatoms. The second kappa shape index (κ2) is 2.78. The van der Waals surface area contributed by atoms with Crippen LogP contribution < -0.4 is 0 Å². The Bertz CT molecular complexity index is 436. The van der Waals surface area contributed by atoms with Gasteiger partial charge in [-0.25, -0.2) is 0 Å². The van der Waals surface area contributed by atoms with Crippen LogP contribution in [0.15, 0.2) is 27.3 Å². The molecule has 1 aromatic carbocycles. The maximum absolute atomic E-state index is 9.36. The van der Waals surface area contributed by atoms with Crippen molar-refractivity contribution in [3.63, 3.8) is 0 Å². The lowest BCUT2D eigenvalue weighted by molar-refractivity contribution is 0.481. The van der Waals surface area contributed by atoms with Gasteiger partial charge in [0.1, 0.15) is 5.75 Å². The van der Waals surface area contributed by atoms with Crippen LogP contribution in [-0.2, 0) is 0 Å². The van der Waals surface area contributed by atoms with Crippen molar-refractivity contribution in [1.82, 2.24) is 4.98 Å². The first kappa shape index (κ1) is 8.13. The summed E-state index contributed by atoms with van der Waals surface area (Å²) in [6.45, 7) is 0. The Morgan fingerprint density at radius 1 is 1.17 bits per heavy atom. The number of nitrogens with one attached hydrogen (secondary N) is 1. The van der Waals surface area contributed by atoms with Crippen molar-refractivity contribution in [2.45, 2.75) is 0 Å². The summed E-state index contributed by atoms with van der Waals surface area (Å²) in [6, 6.07) is 3.78. The van der Waals surface area contributed by atoms with Crippen LogP contribution in [0.25, 0.3) is 10.9 Å². The highest BCUT2D eigenvalue weighted by molar-refractivity contribution is 9.13. The largest absolute Gasteiger partial charge is 0.506 e. The molecule has 0 atom stereocenters. The zero-order valence-electron chi connectivity index (χ0n) is 5.94. The van der Waals surface area contributed by atoms with Crippen LogP contribution in [0.4, 0.5) is 0 Å². The summed E-state index contributed by atoms with van der Waals surface area (Å²) in [4.78, 5) is 2.96. The summed E-state index contributed by atoms with van der Waals surface area (Å²) < 4.78 is 1.90. The van der Waals surface area contributed by atoms with E-state index in [1.807, 2.05) is 12.1 Å². The van der Waals surface area contributed by atoms with Crippen LogP contribution >= 0.6 is 31.9 Å². The highest BCUT2D eigenvalue weighted by Gasteiger charge is 2.04. The molecule has 62 valence electrons. The molecular weight excluding hydrogens is 286 g/mol. The van der Waals surface area contributed by atoms with Crippen LogP contribution in [0.3, 0.4) is 0 Å². The molecule has 0 amide bonds. The number of H-pyrrole nitrogens is 1. The Labute approximate surface area is 85.9 Å². The Morgan fingerprint density at radius 3 is 2.58 bits per heavy atom. The van der Waals surface area contributed by atoms with E-state index in [-0.39, 0.29) is 5.75 Å². The number of benzene rings is 1. The number of aromatic hydroxyl groups is 1. The van der Waals surface area contributed by atoms with Gasteiger partial charge < -0.3 is 10.1 Å². The minimum absolute atomic E-state index is 0.276. The summed E-state index contributed by atoms with van der Waals surface area (Å²) in [5.41, 5.74) is 0.919. The van der Waals surface area contributed by atoms with Crippen molar-refractivity contribution >= 4 is 42.8 Å². The number of hydrogen-bond acceptors (Lipinski definition) is 1. The minimum atomic E-state index is 0.276. The Kier molecular flexibility index (Phi) is 1.88. The highest BCUT2D eigenvalue weighted by atomic mass is 79.9. The van der Waals surface area contributed by atoms with Gasteiger partial charge in [0.05, 0.1) is 5.52 Å². The maximum atomic E-state index is 9.36. The third kappa shape index (κ3) is 1.15. The molecule has 2 aromatic rings. The molecule has 0 bridgehead atoms. The molecule has 0 saturated carbocycles. The van der Waals surface area contributed by atoms with Gasteiger partial charge in [-0.3, -0.25) is 0 Å². The topological polar surface area (TPSA) is 36.0 Å². The second-order valence-corrected chi connectivity index (χ2v) is 4.19. The second-order valence-electron chi connectivity index (χ2n) is 2.49. The standard InChI is InChI=1S/C8H5Br2NO/c9-5-1-4-7(2-6(5)10)11-3-8(4)12/h1-3,11-12H. The fourth-order valence-corrected chi connectivity index (χ4v) is 1.79. The molecule has 12 heavy (non-hydrogen) atoms. The van der Waals surface area contributed by atoms with Crippen LogP contribution in [0.1, 0.15) is 0 Å². The van der Waals surface area contributed by atoms with Crippen LogP contribution in [0.2, 0.25) is 0 Å². The summed E-state index contributed by atoms with van der Waals surface area (Å²) in [5, 5.41) is 10.2. The Morgan fingerprint density at radius 2 is 1.83 bits per heavy atom. The van der Waals surface area contributed by atoms with Crippen molar-refractivity contribution < 1.29 is 5.11 Å². The summed E-state index contributed by atoms with van der Waals surface area (Å²) in [5.74, 6) is 0.276. The van der Waals surface area contributed by atoms with Gasteiger partial charge in [0.2, 0.25) is 0 Å². The van der Waals surface area contributed by atoms with Crippen molar-refractivity contribution in [3.8, 4) is 5.75 Å². The number of hydrogen-bond donors (Lipinski definition) is 2. The molecule has 0 spiro atoms. The van der Waals surface area contributed by atoms with Gasteiger partial charge in [-0.2, -0.15) is 0 Å². The molecule has 0 radical (unpaired) electrons. The zero-order valence-corrected chi connectivity index (χ0v) is 9.11. The lowest BCUT2D eigenvalue weighted by Crippen LogP contribution is -1.71. The minimum Gasteiger partial charge on any atom is -0.506 e. The Balaban J connectivity index is 2.87. The smallest absolute Gasteiger partial charge is 0.140 e. The monoisotopic (exact) mass is 289 g/mol. The van der Waals surface area contributed by atoms with Crippen LogP contribution in [0.5, 0.6) is 5.75 Å². The van der Waals surface area contributed by atoms with Crippen molar-refractivity contribution in [3.05, 3.63) is 27.3 Å². The third-order valence-electron chi connectivity index (χ3n) is 1.70. The molecule has 0 aliphatic carbocycles. The number of fused-ring (bicyclic) bond motifs is 1. The molecule has 0 saturated heterocycles. The van der Waals surface area contributed by atoms with Gasteiger partial charge in [0.15, 0.2) is 0 Å². The lowest BCUT2D eigenvalue weighted by Gasteiger charge is -1.96. The fraction of sp³-hybridized carbons (Fsp3) is 0. The fourth-order valence-electron chi connectivity index (χ4n) is 1.10.